The van der Waals surface area contributed by atoms with Crippen LogP contribution in [0.5, 0.6) is 0 Å². The van der Waals surface area contributed by atoms with Crippen LogP contribution in [-0.4, -0.2) is 23.2 Å². The Labute approximate surface area is 127 Å². The van der Waals surface area contributed by atoms with Crippen LogP contribution in [0.4, 0.5) is 4.79 Å². The number of benzene rings is 1. The lowest BCUT2D eigenvalue weighted by Gasteiger charge is -2.20. The van der Waals surface area contributed by atoms with Gasteiger partial charge in [-0.05, 0) is 31.5 Å². The predicted molar refractivity (Wildman–Crippen MR) is 80.2 cm³/mol. The van der Waals surface area contributed by atoms with Gasteiger partial charge in [0.15, 0.2) is 0 Å². The molecule has 112 valence electrons. The van der Waals surface area contributed by atoms with E-state index >= 15 is 0 Å². The van der Waals surface area contributed by atoms with E-state index in [2.05, 4.69) is 10.4 Å². The van der Waals surface area contributed by atoms with Crippen LogP contribution in [-0.2, 0) is 10.3 Å². The fraction of sp³-hybridized carbons (Fsp3) is 0.188. The number of urea groups is 1. The van der Waals surface area contributed by atoms with Crippen LogP contribution >= 0.6 is 0 Å². The van der Waals surface area contributed by atoms with Gasteiger partial charge in [-0.2, -0.15) is 5.10 Å². The van der Waals surface area contributed by atoms with E-state index in [1.807, 2.05) is 18.2 Å². The zero-order chi connectivity index (χ0) is 15.7. The smallest absolute Gasteiger partial charge is 0.346 e. The molecule has 1 fully saturated rings. The van der Waals surface area contributed by atoms with E-state index in [1.165, 1.54) is 6.21 Å². The summed E-state index contributed by atoms with van der Waals surface area (Å²) in [6.45, 7) is 3.46. The minimum atomic E-state index is -1.12. The topological polar surface area (TPSA) is 74.9 Å². The summed E-state index contributed by atoms with van der Waals surface area (Å²) in [6.07, 6.45) is 1.35. The molecule has 0 bridgehead atoms. The fourth-order valence-corrected chi connectivity index (χ4v) is 2.33. The number of imide groups is 1. The molecule has 0 unspecified atom stereocenters. The summed E-state index contributed by atoms with van der Waals surface area (Å²) < 4.78 is 5.33. The van der Waals surface area contributed by atoms with Crippen molar-refractivity contribution in [2.24, 2.45) is 5.10 Å². The summed E-state index contributed by atoms with van der Waals surface area (Å²) in [5.74, 6) is 0.780. The highest BCUT2D eigenvalue weighted by molar-refractivity contribution is 6.07. The van der Waals surface area contributed by atoms with Gasteiger partial charge in [0.1, 0.15) is 17.1 Å². The predicted octanol–water partition coefficient (Wildman–Crippen LogP) is 2.39. The fourth-order valence-electron chi connectivity index (χ4n) is 2.33. The van der Waals surface area contributed by atoms with Crippen molar-refractivity contribution in [1.29, 1.82) is 0 Å². The number of aryl methyl sites for hydroxylation is 1. The largest absolute Gasteiger partial charge is 0.460 e. The third-order valence-electron chi connectivity index (χ3n) is 3.58. The number of hydrazone groups is 1. The van der Waals surface area contributed by atoms with Crippen LogP contribution in [0.25, 0.3) is 0 Å². The summed E-state index contributed by atoms with van der Waals surface area (Å²) in [4.78, 5) is 24.6. The standard InChI is InChI=1S/C16H15N3O3/c1-11-8-9-13(22-11)10-17-19-14(20)16(2,18-15(19)21)12-6-4-3-5-7-12/h3-10H,1-2H3,(H,18,21)/b17-10-/t16-/m1/s1. The maximum absolute atomic E-state index is 12.6. The first kappa shape index (κ1) is 14.1. The quantitative estimate of drug-likeness (QED) is 0.698. The van der Waals surface area contributed by atoms with E-state index in [-0.39, 0.29) is 0 Å². The molecule has 1 aromatic carbocycles. The number of hydrogen-bond donors (Lipinski definition) is 1. The van der Waals surface area contributed by atoms with Gasteiger partial charge in [-0.15, -0.1) is 5.01 Å². The van der Waals surface area contributed by atoms with Crippen LogP contribution in [0.1, 0.15) is 24.0 Å². The van der Waals surface area contributed by atoms with Gasteiger partial charge >= 0.3 is 6.03 Å². The van der Waals surface area contributed by atoms with Gasteiger partial charge in [0.25, 0.3) is 5.91 Å². The lowest BCUT2D eigenvalue weighted by Crippen LogP contribution is -2.40. The van der Waals surface area contributed by atoms with Crippen molar-refractivity contribution in [3.8, 4) is 0 Å². The molecule has 0 spiro atoms. The van der Waals surface area contributed by atoms with Gasteiger partial charge in [0.05, 0.1) is 6.21 Å². The second-order valence-electron chi connectivity index (χ2n) is 5.23. The molecule has 1 N–H and O–H groups in total. The third-order valence-corrected chi connectivity index (χ3v) is 3.58. The number of nitrogens with zero attached hydrogens (tertiary/aromatic N) is 2. The van der Waals surface area contributed by atoms with Crippen LogP contribution in [0.2, 0.25) is 0 Å². The van der Waals surface area contributed by atoms with Crippen molar-refractivity contribution < 1.29 is 14.0 Å². The molecule has 2 aromatic rings. The second kappa shape index (κ2) is 5.14. The maximum atomic E-state index is 12.6. The van der Waals surface area contributed by atoms with Gasteiger partial charge in [-0.3, -0.25) is 4.79 Å². The first-order valence-electron chi connectivity index (χ1n) is 6.83. The maximum Gasteiger partial charge on any atom is 0.346 e. The molecule has 22 heavy (non-hydrogen) atoms. The van der Waals surface area contributed by atoms with E-state index in [9.17, 15) is 9.59 Å². The Morgan fingerprint density at radius 2 is 1.91 bits per heavy atom. The molecule has 2 heterocycles. The molecule has 3 amide bonds. The Morgan fingerprint density at radius 3 is 2.55 bits per heavy atom. The summed E-state index contributed by atoms with van der Waals surface area (Å²) in [5, 5.41) is 7.45. The van der Waals surface area contributed by atoms with Gasteiger partial charge in [-0.1, -0.05) is 30.3 Å². The lowest BCUT2D eigenvalue weighted by molar-refractivity contribution is -0.131. The number of nitrogens with one attached hydrogen (secondary N) is 1. The Balaban J connectivity index is 1.87. The van der Waals surface area contributed by atoms with Gasteiger partial charge in [-0.25, -0.2) is 4.79 Å². The minimum absolute atomic E-state index is 0.428. The number of amides is 3. The Bertz CT molecular complexity index is 751. The van der Waals surface area contributed by atoms with E-state index in [1.54, 1.807) is 38.1 Å². The molecule has 1 atom stereocenters. The van der Waals surface area contributed by atoms with Crippen molar-refractivity contribution in [2.75, 3.05) is 0 Å². The Morgan fingerprint density at radius 1 is 1.18 bits per heavy atom. The van der Waals surface area contributed by atoms with Crippen molar-refractivity contribution in [1.82, 2.24) is 10.3 Å². The Hall–Kier alpha value is -2.89. The first-order valence-corrected chi connectivity index (χ1v) is 6.83. The molecule has 1 aliphatic heterocycles. The van der Waals surface area contributed by atoms with Gasteiger partial charge in [0, 0.05) is 0 Å². The first-order chi connectivity index (χ1) is 10.5. The average Bonchev–Trinajstić information content (AvgIpc) is 3.02. The van der Waals surface area contributed by atoms with Gasteiger partial charge < -0.3 is 9.73 Å². The Kier molecular flexibility index (Phi) is 3.29. The van der Waals surface area contributed by atoms with E-state index in [0.29, 0.717) is 11.3 Å². The summed E-state index contributed by atoms with van der Waals surface area (Å²) in [7, 11) is 0. The van der Waals surface area contributed by atoms with Crippen molar-refractivity contribution in [3.05, 3.63) is 59.5 Å². The highest BCUT2D eigenvalue weighted by atomic mass is 16.3. The number of hydrogen-bond acceptors (Lipinski definition) is 4. The molecule has 0 saturated carbocycles. The second-order valence-corrected chi connectivity index (χ2v) is 5.23. The summed E-state index contributed by atoms with van der Waals surface area (Å²) in [5.41, 5.74) is -0.408. The number of carbonyl (C=O) groups is 2. The number of furan rings is 1. The SMILES string of the molecule is Cc1ccc(/C=N\N2C(=O)N[C@](C)(c3ccccc3)C2=O)o1. The molecule has 1 aromatic heterocycles. The van der Waals surface area contributed by atoms with Crippen molar-refractivity contribution >= 4 is 18.2 Å². The zero-order valence-corrected chi connectivity index (χ0v) is 12.2. The zero-order valence-electron chi connectivity index (χ0n) is 12.2. The molecule has 3 rings (SSSR count). The van der Waals surface area contributed by atoms with Crippen molar-refractivity contribution in [3.63, 3.8) is 0 Å². The van der Waals surface area contributed by atoms with Gasteiger partial charge in [0.2, 0.25) is 0 Å². The van der Waals surface area contributed by atoms with E-state index in [4.69, 9.17) is 4.42 Å². The highest BCUT2D eigenvalue weighted by Crippen LogP contribution is 2.28. The highest BCUT2D eigenvalue weighted by Gasteiger charge is 2.49. The molecule has 0 radical (unpaired) electrons. The molecule has 1 saturated heterocycles. The molecule has 6 heteroatoms. The molecular formula is C16H15N3O3. The van der Waals surface area contributed by atoms with E-state index < -0.39 is 17.5 Å². The normalized spacial score (nSPS) is 21.6. The van der Waals surface area contributed by atoms with Crippen molar-refractivity contribution in [2.45, 2.75) is 19.4 Å². The van der Waals surface area contributed by atoms with Crippen LogP contribution in [0, 0.1) is 6.92 Å². The minimum Gasteiger partial charge on any atom is -0.460 e. The third kappa shape index (κ3) is 2.28. The summed E-state index contributed by atoms with van der Waals surface area (Å²) in [6, 6.07) is 12.0. The monoisotopic (exact) mass is 297 g/mol. The van der Waals surface area contributed by atoms with Crippen LogP contribution in [0.3, 0.4) is 0 Å². The molecule has 6 nitrogen and oxygen atoms in total. The number of carbonyl (C=O) groups excluding carboxylic acids is 2. The van der Waals surface area contributed by atoms with Crippen LogP contribution in [0.15, 0.2) is 52.0 Å². The molecule has 1 aliphatic rings. The molecule has 0 aliphatic carbocycles. The molecular weight excluding hydrogens is 282 g/mol. The van der Waals surface area contributed by atoms with E-state index in [0.717, 1.165) is 10.8 Å². The lowest BCUT2D eigenvalue weighted by atomic mass is 9.92. The number of rotatable bonds is 3. The van der Waals surface area contributed by atoms with Crippen LogP contribution < -0.4 is 5.32 Å². The average molecular weight is 297 g/mol. The summed E-state index contributed by atoms with van der Waals surface area (Å²) >= 11 is 0.